The third-order valence-electron chi connectivity index (χ3n) is 4.83. The van der Waals surface area contributed by atoms with Crippen molar-refractivity contribution in [3.8, 4) is 11.4 Å². The first-order chi connectivity index (χ1) is 13.0. The number of hydrogen-bond donors (Lipinski definition) is 1. The Hall–Kier alpha value is -2.96. The molecular formula is C20H24N4O3. The van der Waals surface area contributed by atoms with Gasteiger partial charge in [-0.25, -0.2) is 4.98 Å². The van der Waals surface area contributed by atoms with E-state index in [9.17, 15) is 14.4 Å². The molecule has 3 rings (SSSR count). The summed E-state index contributed by atoms with van der Waals surface area (Å²) in [7, 11) is 1.63. The van der Waals surface area contributed by atoms with E-state index in [1.807, 2.05) is 31.2 Å². The minimum absolute atomic E-state index is 0.00154. The van der Waals surface area contributed by atoms with Gasteiger partial charge in [-0.1, -0.05) is 29.8 Å². The number of amides is 2. The second-order valence-electron chi connectivity index (χ2n) is 6.91. The summed E-state index contributed by atoms with van der Waals surface area (Å²) < 4.78 is 0. The van der Waals surface area contributed by atoms with Gasteiger partial charge >= 0.3 is 0 Å². The normalized spacial score (nSPS) is 14.3. The number of likely N-dealkylation sites (tertiary alicyclic amines) is 1. The largest absolute Gasteiger partial charge is 0.341 e. The zero-order valence-corrected chi connectivity index (χ0v) is 15.7. The maximum Gasteiger partial charge on any atom is 0.264 e. The van der Waals surface area contributed by atoms with E-state index >= 15 is 0 Å². The molecule has 1 aliphatic heterocycles. The Kier molecular flexibility index (Phi) is 5.69. The molecule has 1 aromatic carbocycles. The third-order valence-corrected chi connectivity index (χ3v) is 4.83. The quantitative estimate of drug-likeness (QED) is 0.872. The van der Waals surface area contributed by atoms with Crippen LogP contribution in [0.4, 0.5) is 0 Å². The van der Waals surface area contributed by atoms with E-state index in [4.69, 9.17) is 0 Å². The van der Waals surface area contributed by atoms with Gasteiger partial charge in [-0.15, -0.1) is 0 Å². The maximum atomic E-state index is 12.6. The fraction of sp³-hybridized carbons (Fsp3) is 0.400. The van der Waals surface area contributed by atoms with Crippen molar-refractivity contribution in [3.05, 3.63) is 51.9 Å². The van der Waals surface area contributed by atoms with Crippen LogP contribution in [0.2, 0.25) is 0 Å². The van der Waals surface area contributed by atoms with Crippen LogP contribution in [-0.2, 0) is 4.79 Å². The van der Waals surface area contributed by atoms with E-state index in [1.54, 1.807) is 11.9 Å². The van der Waals surface area contributed by atoms with Crippen LogP contribution >= 0.6 is 0 Å². The van der Waals surface area contributed by atoms with E-state index in [1.165, 1.54) is 11.1 Å². The predicted molar refractivity (Wildman–Crippen MR) is 102 cm³/mol. The molecular weight excluding hydrogens is 344 g/mol. The first-order valence-electron chi connectivity index (χ1n) is 9.15. The fourth-order valence-corrected chi connectivity index (χ4v) is 3.08. The summed E-state index contributed by atoms with van der Waals surface area (Å²) in [5.74, 6) is 0.158. The van der Waals surface area contributed by atoms with Gasteiger partial charge in [0.05, 0.1) is 0 Å². The van der Waals surface area contributed by atoms with Crippen LogP contribution in [0, 0.1) is 6.92 Å². The van der Waals surface area contributed by atoms with Crippen molar-refractivity contribution in [2.75, 3.05) is 26.7 Å². The fourth-order valence-electron chi connectivity index (χ4n) is 3.08. The van der Waals surface area contributed by atoms with Gasteiger partial charge in [-0.05, 0) is 19.8 Å². The van der Waals surface area contributed by atoms with Gasteiger partial charge in [0, 0.05) is 44.9 Å². The number of aromatic nitrogens is 2. The number of piperidine rings is 1. The van der Waals surface area contributed by atoms with Crippen molar-refractivity contribution in [2.45, 2.75) is 26.2 Å². The standard InChI is InChI=1S/C20H24N4O3/c1-14-6-8-15(9-7-14)18-21-13-16(19(26)22-18)20(27)23(2)11-12-24-10-4-3-5-17(24)25/h6-9,13H,3-5,10-12H2,1-2H3,(H,21,22,26). The van der Waals surface area contributed by atoms with Gasteiger partial charge in [-0.3, -0.25) is 14.4 Å². The number of benzene rings is 1. The molecule has 2 amide bonds. The highest BCUT2D eigenvalue weighted by atomic mass is 16.2. The van der Waals surface area contributed by atoms with E-state index in [-0.39, 0.29) is 11.5 Å². The first kappa shape index (κ1) is 18.8. The molecule has 1 N–H and O–H groups in total. The highest BCUT2D eigenvalue weighted by Gasteiger charge is 2.21. The summed E-state index contributed by atoms with van der Waals surface area (Å²) in [6.07, 6.45) is 3.81. The van der Waals surface area contributed by atoms with Crippen molar-refractivity contribution >= 4 is 11.8 Å². The average molecular weight is 368 g/mol. The van der Waals surface area contributed by atoms with Gasteiger partial charge in [0.15, 0.2) is 0 Å². The predicted octanol–water partition coefficient (Wildman–Crippen LogP) is 1.83. The van der Waals surface area contributed by atoms with Crippen molar-refractivity contribution in [1.82, 2.24) is 19.8 Å². The molecule has 0 unspecified atom stereocenters. The lowest BCUT2D eigenvalue weighted by Crippen LogP contribution is -2.42. The number of nitrogens with one attached hydrogen (secondary N) is 1. The lowest BCUT2D eigenvalue weighted by Gasteiger charge is -2.28. The van der Waals surface area contributed by atoms with Crippen LogP contribution in [0.1, 0.15) is 35.2 Å². The van der Waals surface area contributed by atoms with Crippen LogP contribution in [0.5, 0.6) is 0 Å². The van der Waals surface area contributed by atoms with E-state index in [0.717, 1.165) is 30.5 Å². The van der Waals surface area contributed by atoms with Crippen LogP contribution in [-0.4, -0.2) is 58.3 Å². The Bertz CT molecular complexity index is 889. The van der Waals surface area contributed by atoms with Crippen LogP contribution in [0.3, 0.4) is 0 Å². The Morgan fingerprint density at radius 3 is 2.63 bits per heavy atom. The van der Waals surface area contributed by atoms with Crippen molar-refractivity contribution in [2.24, 2.45) is 0 Å². The average Bonchev–Trinajstić information content (AvgIpc) is 2.67. The number of rotatable bonds is 5. The summed E-state index contributed by atoms with van der Waals surface area (Å²) in [5, 5.41) is 0. The van der Waals surface area contributed by atoms with Crippen molar-refractivity contribution in [3.63, 3.8) is 0 Å². The molecule has 1 saturated heterocycles. The Morgan fingerprint density at radius 1 is 1.22 bits per heavy atom. The van der Waals surface area contributed by atoms with Crippen molar-refractivity contribution in [1.29, 1.82) is 0 Å². The summed E-state index contributed by atoms with van der Waals surface area (Å²) in [6.45, 7) is 3.57. The van der Waals surface area contributed by atoms with Crippen LogP contribution in [0.15, 0.2) is 35.3 Å². The molecule has 0 aliphatic carbocycles. The van der Waals surface area contributed by atoms with E-state index < -0.39 is 11.5 Å². The molecule has 0 saturated carbocycles. The Morgan fingerprint density at radius 2 is 1.96 bits per heavy atom. The number of nitrogens with zero attached hydrogens (tertiary/aromatic N) is 3. The maximum absolute atomic E-state index is 12.6. The molecule has 1 aliphatic rings. The molecule has 2 heterocycles. The number of hydrogen-bond acceptors (Lipinski definition) is 4. The van der Waals surface area contributed by atoms with Crippen LogP contribution in [0.25, 0.3) is 11.4 Å². The molecule has 0 bridgehead atoms. The molecule has 0 radical (unpaired) electrons. The number of aromatic amines is 1. The van der Waals surface area contributed by atoms with Gasteiger partial charge in [0.2, 0.25) is 5.91 Å². The molecule has 0 atom stereocenters. The summed E-state index contributed by atoms with van der Waals surface area (Å²) >= 11 is 0. The van der Waals surface area contributed by atoms with Gasteiger partial charge in [0.1, 0.15) is 11.4 Å². The summed E-state index contributed by atoms with van der Waals surface area (Å²) in [5.41, 5.74) is 1.43. The number of aryl methyl sites for hydroxylation is 1. The smallest absolute Gasteiger partial charge is 0.264 e. The first-order valence-corrected chi connectivity index (χ1v) is 9.15. The third kappa shape index (κ3) is 4.42. The lowest BCUT2D eigenvalue weighted by atomic mass is 10.1. The molecule has 1 aromatic heterocycles. The highest BCUT2D eigenvalue weighted by Crippen LogP contribution is 2.14. The monoisotopic (exact) mass is 368 g/mol. The van der Waals surface area contributed by atoms with E-state index in [2.05, 4.69) is 9.97 Å². The number of H-pyrrole nitrogens is 1. The number of likely N-dealkylation sites (N-methyl/N-ethyl adjacent to an activating group) is 1. The number of carbonyl (C=O) groups excluding carboxylic acids is 2. The minimum atomic E-state index is -0.466. The van der Waals surface area contributed by atoms with Crippen molar-refractivity contribution < 1.29 is 9.59 Å². The summed E-state index contributed by atoms with van der Waals surface area (Å²) in [6, 6.07) is 7.61. The Labute approximate surface area is 158 Å². The SMILES string of the molecule is Cc1ccc(-c2ncc(C(=O)N(C)CCN3CCCCC3=O)c(=O)[nH]2)cc1. The lowest BCUT2D eigenvalue weighted by molar-refractivity contribution is -0.133. The summed E-state index contributed by atoms with van der Waals surface area (Å²) in [4.78, 5) is 47.0. The molecule has 27 heavy (non-hydrogen) atoms. The van der Waals surface area contributed by atoms with E-state index in [0.29, 0.717) is 25.3 Å². The molecule has 0 spiro atoms. The van der Waals surface area contributed by atoms with Gasteiger partial charge in [-0.2, -0.15) is 0 Å². The zero-order chi connectivity index (χ0) is 19.4. The molecule has 7 nitrogen and oxygen atoms in total. The minimum Gasteiger partial charge on any atom is -0.341 e. The highest BCUT2D eigenvalue weighted by molar-refractivity contribution is 5.93. The second kappa shape index (κ2) is 8.16. The molecule has 1 fully saturated rings. The van der Waals surface area contributed by atoms with Crippen LogP contribution < -0.4 is 5.56 Å². The topological polar surface area (TPSA) is 86.4 Å². The van der Waals surface area contributed by atoms with Gasteiger partial charge in [0.25, 0.3) is 11.5 Å². The Balaban J connectivity index is 1.68. The molecule has 2 aromatic rings. The zero-order valence-electron chi connectivity index (χ0n) is 15.7. The van der Waals surface area contributed by atoms with Gasteiger partial charge < -0.3 is 14.8 Å². The molecule has 7 heteroatoms. The second-order valence-corrected chi connectivity index (χ2v) is 6.91. The molecule has 142 valence electrons. The number of carbonyl (C=O) groups is 2.